The van der Waals surface area contributed by atoms with E-state index in [9.17, 15) is 9.18 Å². The first kappa shape index (κ1) is 12.1. The molecule has 2 aromatic rings. The first-order valence-electron chi connectivity index (χ1n) is 5.37. The van der Waals surface area contributed by atoms with E-state index in [1.165, 1.54) is 13.2 Å². The van der Waals surface area contributed by atoms with Crippen LogP contribution in [0.1, 0.15) is 10.4 Å². The molecule has 0 saturated carbocycles. The van der Waals surface area contributed by atoms with E-state index in [1.54, 1.807) is 36.4 Å². The summed E-state index contributed by atoms with van der Waals surface area (Å²) in [5.41, 5.74) is 6.23. The Morgan fingerprint density at radius 1 is 1.17 bits per heavy atom. The highest BCUT2D eigenvalue weighted by molar-refractivity contribution is 6.00. The van der Waals surface area contributed by atoms with Crippen LogP contribution in [0.25, 0.3) is 11.1 Å². The SMILES string of the molecule is COc1cccc(F)c1-c1ccccc1C(N)=O. The summed E-state index contributed by atoms with van der Waals surface area (Å²) in [4.78, 5) is 11.4. The van der Waals surface area contributed by atoms with Gasteiger partial charge >= 0.3 is 0 Å². The number of nitrogens with two attached hydrogens (primary N) is 1. The van der Waals surface area contributed by atoms with Crippen LogP contribution in [0.2, 0.25) is 0 Å². The summed E-state index contributed by atoms with van der Waals surface area (Å²) in [6.07, 6.45) is 0. The topological polar surface area (TPSA) is 52.3 Å². The Morgan fingerprint density at radius 2 is 1.89 bits per heavy atom. The van der Waals surface area contributed by atoms with E-state index in [0.717, 1.165) is 0 Å². The lowest BCUT2D eigenvalue weighted by atomic mass is 9.98. The molecule has 0 bridgehead atoms. The van der Waals surface area contributed by atoms with Gasteiger partial charge in [0.15, 0.2) is 0 Å². The van der Waals surface area contributed by atoms with Gasteiger partial charge < -0.3 is 10.5 Å². The van der Waals surface area contributed by atoms with Gasteiger partial charge in [-0.15, -0.1) is 0 Å². The molecule has 0 aliphatic rings. The van der Waals surface area contributed by atoms with Gasteiger partial charge in [-0.3, -0.25) is 4.79 Å². The van der Waals surface area contributed by atoms with Gasteiger partial charge in [0.1, 0.15) is 11.6 Å². The van der Waals surface area contributed by atoms with Crippen molar-refractivity contribution in [2.24, 2.45) is 5.73 Å². The number of hydrogen-bond acceptors (Lipinski definition) is 2. The van der Waals surface area contributed by atoms with E-state index in [2.05, 4.69) is 0 Å². The molecular weight excluding hydrogens is 233 g/mol. The van der Waals surface area contributed by atoms with Gasteiger partial charge in [-0.2, -0.15) is 0 Å². The zero-order chi connectivity index (χ0) is 13.1. The minimum atomic E-state index is -0.601. The number of ether oxygens (including phenoxy) is 1. The molecule has 18 heavy (non-hydrogen) atoms. The van der Waals surface area contributed by atoms with Crippen LogP contribution in [-0.4, -0.2) is 13.0 Å². The van der Waals surface area contributed by atoms with Crippen LogP contribution in [-0.2, 0) is 0 Å². The predicted molar refractivity (Wildman–Crippen MR) is 66.9 cm³/mol. The van der Waals surface area contributed by atoms with Gasteiger partial charge in [-0.05, 0) is 18.2 Å². The standard InChI is InChI=1S/C14H12FNO2/c1-18-12-8-4-7-11(15)13(12)9-5-2-3-6-10(9)14(16)17/h2-8H,1H3,(H2,16,17). The van der Waals surface area contributed by atoms with Crippen molar-refractivity contribution in [2.75, 3.05) is 7.11 Å². The average Bonchev–Trinajstić information content (AvgIpc) is 2.38. The predicted octanol–water partition coefficient (Wildman–Crippen LogP) is 2.60. The Labute approximate surface area is 104 Å². The summed E-state index contributed by atoms with van der Waals surface area (Å²) in [6.45, 7) is 0. The Balaban J connectivity index is 2.73. The van der Waals surface area contributed by atoms with Gasteiger partial charge in [-0.25, -0.2) is 4.39 Å². The van der Waals surface area contributed by atoms with Crippen LogP contribution in [0.4, 0.5) is 4.39 Å². The highest BCUT2D eigenvalue weighted by Crippen LogP contribution is 2.34. The van der Waals surface area contributed by atoms with Crippen LogP contribution >= 0.6 is 0 Å². The van der Waals surface area contributed by atoms with Crippen molar-refractivity contribution in [3.05, 3.63) is 53.8 Å². The van der Waals surface area contributed by atoms with Crippen LogP contribution in [0.5, 0.6) is 5.75 Å². The fourth-order valence-electron chi connectivity index (χ4n) is 1.85. The molecule has 0 radical (unpaired) electrons. The molecule has 0 aliphatic carbocycles. The maximum absolute atomic E-state index is 13.9. The smallest absolute Gasteiger partial charge is 0.249 e. The number of hydrogen-bond donors (Lipinski definition) is 1. The van der Waals surface area contributed by atoms with Gasteiger partial charge in [0.2, 0.25) is 5.91 Å². The minimum absolute atomic E-state index is 0.245. The second kappa shape index (κ2) is 4.87. The van der Waals surface area contributed by atoms with Crippen molar-refractivity contribution in [2.45, 2.75) is 0 Å². The van der Waals surface area contributed by atoms with Crippen LogP contribution in [0.3, 0.4) is 0 Å². The van der Waals surface area contributed by atoms with Gasteiger partial charge in [0, 0.05) is 11.1 Å². The highest BCUT2D eigenvalue weighted by Gasteiger charge is 2.16. The Morgan fingerprint density at radius 3 is 2.56 bits per heavy atom. The number of primary amides is 1. The summed E-state index contributed by atoms with van der Waals surface area (Å²) in [7, 11) is 1.45. The molecule has 4 heteroatoms. The van der Waals surface area contributed by atoms with Crippen LogP contribution in [0, 0.1) is 5.82 Å². The number of halogens is 1. The lowest BCUT2D eigenvalue weighted by Crippen LogP contribution is -2.12. The normalized spacial score (nSPS) is 10.1. The summed E-state index contributed by atoms with van der Waals surface area (Å²) in [5, 5.41) is 0. The lowest BCUT2D eigenvalue weighted by molar-refractivity contribution is 0.100. The van der Waals surface area contributed by atoms with Crippen molar-refractivity contribution in [1.29, 1.82) is 0 Å². The zero-order valence-corrected chi connectivity index (χ0v) is 9.81. The van der Waals surface area contributed by atoms with Gasteiger partial charge in [0.05, 0.1) is 12.7 Å². The summed E-state index contributed by atoms with van der Waals surface area (Å²) in [6, 6.07) is 11.1. The summed E-state index contributed by atoms with van der Waals surface area (Å²) >= 11 is 0. The van der Waals surface area contributed by atoms with E-state index < -0.39 is 11.7 Å². The quantitative estimate of drug-likeness (QED) is 0.903. The molecule has 0 heterocycles. The third kappa shape index (κ3) is 2.05. The molecule has 2 aromatic carbocycles. The Kier molecular flexibility index (Phi) is 3.28. The molecule has 0 aromatic heterocycles. The lowest BCUT2D eigenvalue weighted by Gasteiger charge is -2.12. The third-order valence-electron chi connectivity index (χ3n) is 2.66. The molecule has 0 saturated heterocycles. The molecular formula is C14H12FNO2. The number of amides is 1. The first-order valence-corrected chi connectivity index (χ1v) is 5.37. The molecule has 2 N–H and O–H groups in total. The van der Waals surface area contributed by atoms with E-state index in [1.807, 2.05) is 0 Å². The molecule has 0 fully saturated rings. The maximum Gasteiger partial charge on any atom is 0.249 e. The number of carbonyl (C=O) groups is 1. The monoisotopic (exact) mass is 245 g/mol. The zero-order valence-electron chi connectivity index (χ0n) is 9.81. The Bertz CT molecular complexity index is 596. The summed E-state index contributed by atoms with van der Waals surface area (Å²) < 4.78 is 19.1. The summed E-state index contributed by atoms with van der Waals surface area (Å²) in [5.74, 6) is -0.692. The van der Waals surface area contributed by atoms with Crippen molar-refractivity contribution < 1.29 is 13.9 Å². The molecule has 0 aliphatic heterocycles. The highest BCUT2D eigenvalue weighted by atomic mass is 19.1. The average molecular weight is 245 g/mol. The van der Waals surface area contributed by atoms with E-state index in [4.69, 9.17) is 10.5 Å². The first-order chi connectivity index (χ1) is 8.65. The van der Waals surface area contributed by atoms with Crippen LogP contribution < -0.4 is 10.5 Å². The molecule has 92 valence electrons. The van der Waals surface area contributed by atoms with Crippen molar-refractivity contribution in [3.63, 3.8) is 0 Å². The molecule has 3 nitrogen and oxygen atoms in total. The fraction of sp³-hybridized carbons (Fsp3) is 0.0714. The number of benzene rings is 2. The molecule has 0 unspecified atom stereocenters. The largest absolute Gasteiger partial charge is 0.496 e. The Hall–Kier alpha value is -2.36. The number of carbonyl (C=O) groups excluding carboxylic acids is 1. The third-order valence-corrected chi connectivity index (χ3v) is 2.66. The van der Waals surface area contributed by atoms with Crippen molar-refractivity contribution >= 4 is 5.91 Å². The van der Waals surface area contributed by atoms with Crippen molar-refractivity contribution in [3.8, 4) is 16.9 Å². The van der Waals surface area contributed by atoms with E-state index in [0.29, 0.717) is 11.3 Å². The number of methoxy groups -OCH3 is 1. The fourth-order valence-corrected chi connectivity index (χ4v) is 1.85. The van der Waals surface area contributed by atoms with Crippen molar-refractivity contribution in [1.82, 2.24) is 0 Å². The molecule has 1 amide bonds. The van der Waals surface area contributed by atoms with Gasteiger partial charge in [0.25, 0.3) is 0 Å². The second-order valence-corrected chi connectivity index (χ2v) is 3.73. The second-order valence-electron chi connectivity index (χ2n) is 3.73. The van der Waals surface area contributed by atoms with E-state index >= 15 is 0 Å². The molecule has 0 atom stereocenters. The van der Waals surface area contributed by atoms with Gasteiger partial charge in [-0.1, -0.05) is 24.3 Å². The number of rotatable bonds is 3. The maximum atomic E-state index is 13.9. The minimum Gasteiger partial charge on any atom is -0.496 e. The molecule has 2 rings (SSSR count). The molecule has 0 spiro atoms. The van der Waals surface area contributed by atoms with E-state index in [-0.39, 0.29) is 11.1 Å². The van der Waals surface area contributed by atoms with Crippen LogP contribution in [0.15, 0.2) is 42.5 Å².